The van der Waals surface area contributed by atoms with Crippen LogP contribution in [-0.2, 0) is 10.0 Å². The molecule has 11 heteroatoms. The van der Waals surface area contributed by atoms with Crippen LogP contribution < -0.4 is 10.0 Å². The molecule has 0 aliphatic rings. The first-order valence-corrected chi connectivity index (χ1v) is 10.5. The number of thiazole rings is 1. The molecular weight excluding hydrogens is 478 g/mol. The summed E-state index contributed by atoms with van der Waals surface area (Å²) in [6.45, 7) is 1.68. The molecule has 0 radical (unpaired) electrons. The standard InChI is InChI=1S/C18H15N5O3S2.BrH/c1-12-10-17(22-26-12)23-28(24,25)15-4-2-14(3-5-15)20-18-21-16(11-27-18)13-6-8-19-9-7-13;/h2-11H,1H3,(H,20,21)(H,22,23);1H. The lowest BCUT2D eigenvalue weighted by Crippen LogP contribution is -2.13. The van der Waals surface area contributed by atoms with Gasteiger partial charge >= 0.3 is 0 Å². The van der Waals surface area contributed by atoms with Crippen LogP contribution in [0.5, 0.6) is 0 Å². The number of nitrogens with one attached hydrogen (secondary N) is 2. The van der Waals surface area contributed by atoms with Crippen molar-refractivity contribution in [3.63, 3.8) is 0 Å². The van der Waals surface area contributed by atoms with E-state index in [9.17, 15) is 8.42 Å². The summed E-state index contributed by atoms with van der Waals surface area (Å²) in [5.74, 6) is 0.665. The largest absolute Gasteiger partial charge is 0.360 e. The average Bonchev–Trinajstić information content (AvgIpc) is 3.31. The quantitative estimate of drug-likeness (QED) is 0.402. The first-order valence-electron chi connectivity index (χ1n) is 8.19. The highest BCUT2D eigenvalue weighted by Crippen LogP contribution is 2.27. The highest BCUT2D eigenvalue weighted by molar-refractivity contribution is 8.93. The Morgan fingerprint density at radius 1 is 1.07 bits per heavy atom. The van der Waals surface area contributed by atoms with E-state index in [2.05, 4.69) is 25.2 Å². The Kier molecular flexibility index (Phi) is 6.30. The van der Waals surface area contributed by atoms with Gasteiger partial charge in [-0.05, 0) is 43.3 Å². The van der Waals surface area contributed by atoms with E-state index in [1.807, 2.05) is 17.5 Å². The van der Waals surface area contributed by atoms with E-state index in [-0.39, 0.29) is 27.7 Å². The van der Waals surface area contributed by atoms with Crippen molar-refractivity contribution in [1.29, 1.82) is 0 Å². The molecule has 29 heavy (non-hydrogen) atoms. The van der Waals surface area contributed by atoms with Crippen LogP contribution in [0.4, 0.5) is 16.6 Å². The Morgan fingerprint density at radius 3 is 2.45 bits per heavy atom. The molecular formula is C18H16BrN5O3S2. The van der Waals surface area contributed by atoms with Crippen molar-refractivity contribution < 1.29 is 12.9 Å². The number of halogens is 1. The fraction of sp³-hybridized carbons (Fsp3) is 0.0556. The van der Waals surface area contributed by atoms with E-state index in [1.54, 1.807) is 31.5 Å². The summed E-state index contributed by atoms with van der Waals surface area (Å²) >= 11 is 1.46. The molecule has 150 valence electrons. The van der Waals surface area contributed by atoms with E-state index in [0.29, 0.717) is 10.9 Å². The lowest BCUT2D eigenvalue weighted by molar-refractivity contribution is 0.400. The van der Waals surface area contributed by atoms with E-state index in [4.69, 9.17) is 4.52 Å². The van der Waals surface area contributed by atoms with Crippen LogP contribution in [0, 0.1) is 6.92 Å². The van der Waals surface area contributed by atoms with Gasteiger partial charge in [0.15, 0.2) is 10.9 Å². The smallest absolute Gasteiger partial charge is 0.263 e. The zero-order valence-corrected chi connectivity index (χ0v) is 18.4. The lowest BCUT2D eigenvalue weighted by Gasteiger charge is -2.07. The molecule has 0 aliphatic carbocycles. The number of benzene rings is 1. The number of sulfonamides is 1. The first-order chi connectivity index (χ1) is 13.5. The third-order valence-corrected chi connectivity index (χ3v) is 5.89. The van der Waals surface area contributed by atoms with E-state index in [0.717, 1.165) is 16.9 Å². The van der Waals surface area contributed by atoms with Gasteiger partial charge in [0.25, 0.3) is 10.0 Å². The van der Waals surface area contributed by atoms with Crippen LogP contribution in [0.15, 0.2) is 69.7 Å². The van der Waals surface area contributed by atoms with Gasteiger partial charge in [-0.25, -0.2) is 13.4 Å². The topological polar surface area (TPSA) is 110 Å². The van der Waals surface area contributed by atoms with Crippen molar-refractivity contribution in [2.45, 2.75) is 11.8 Å². The molecule has 0 spiro atoms. The second-order valence-electron chi connectivity index (χ2n) is 5.85. The monoisotopic (exact) mass is 493 g/mol. The number of hydrogen-bond acceptors (Lipinski definition) is 8. The molecule has 8 nitrogen and oxygen atoms in total. The summed E-state index contributed by atoms with van der Waals surface area (Å²) in [4.78, 5) is 8.65. The normalized spacial score (nSPS) is 10.9. The van der Waals surface area contributed by atoms with E-state index >= 15 is 0 Å². The van der Waals surface area contributed by atoms with Gasteiger partial charge in [0.1, 0.15) is 5.76 Å². The third-order valence-electron chi connectivity index (χ3n) is 3.76. The Balaban J connectivity index is 0.00000240. The molecule has 0 saturated heterocycles. The van der Waals surface area contributed by atoms with Crippen molar-refractivity contribution in [3.8, 4) is 11.3 Å². The number of pyridine rings is 1. The number of anilines is 3. The van der Waals surface area contributed by atoms with Gasteiger partial charge in [-0.3, -0.25) is 9.71 Å². The van der Waals surface area contributed by atoms with Gasteiger partial charge in [0.05, 0.1) is 10.6 Å². The molecule has 0 amide bonds. The number of nitrogens with zero attached hydrogens (tertiary/aromatic N) is 3. The van der Waals surface area contributed by atoms with Crippen LogP contribution in [0.2, 0.25) is 0 Å². The molecule has 4 rings (SSSR count). The van der Waals surface area contributed by atoms with Gasteiger partial charge in [-0.2, -0.15) is 0 Å². The van der Waals surface area contributed by atoms with Crippen LogP contribution in [-0.4, -0.2) is 23.5 Å². The van der Waals surface area contributed by atoms with Crippen molar-refractivity contribution in [2.24, 2.45) is 0 Å². The molecule has 0 bridgehead atoms. The maximum Gasteiger partial charge on any atom is 0.263 e. The zero-order chi connectivity index (χ0) is 19.6. The number of aromatic nitrogens is 3. The molecule has 0 fully saturated rings. The van der Waals surface area contributed by atoms with Gasteiger partial charge in [-0.15, -0.1) is 28.3 Å². The summed E-state index contributed by atoms with van der Waals surface area (Å²) < 4.78 is 32.1. The number of hydrogen-bond donors (Lipinski definition) is 2. The minimum absolute atomic E-state index is 0. The fourth-order valence-electron chi connectivity index (χ4n) is 2.44. The van der Waals surface area contributed by atoms with Gasteiger partial charge in [0, 0.05) is 35.1 Å². The third kappa shape index (κ3) is 5.00. The first kappa shape index (κ1) is 21.0. The Morgan fingerprint density at radius 2 is 1.79 bits per heavy atom. The van der Waals surface area contributed by atoms with Gasteiger partial charge in [0.2, 0.25) is 0 Å². The molecule has 1 aromatic carbocycles. The van der Waals surface area contributed by atoms with Crippen molar-refractivity contribution >= 4 is 55.0 Å². The summed E-state index contributed by atoms with van der Waals surface area (Å²) in [6.07, 6.45) is 3.44. The molecule has 0 aliphatic heterocycles. The minimum atomic E-state index is -3.74. The lowest BCUT2D eigenvalue weighted by atomic mass is 10.2. The molecule has 0 atom stereocenters. The van der Waals surface area contributed by atoms with E-state index in [1.165, 1.54) is 29.5 Å². The molecule has 3 aromatic heterocycles. The fourth-order valence-corrected chi connectivity index (χ4v) is 4.16. The second kappa shape index (κ2) is 8.72. The molecule has 3 heterocycles. The number of aryl methyl sites for hydroxylation is 1. The maximum absolute atomic E-state index is 12.4. The Labute approximate surface area is 181 Å². The average molecular weight is 494 g/mol. The zero-order valence-electron chi connectivity index (χ0n) is 15.1. The molecule has 0 saturated carbocycles. The highest BCUT2D eigenvalue weighted by Gasteiger charge is 2.16. The van der Waals surface area contributed by atoms with Crippen molar-refractivity contribution in [3.05, 3.63) is 66.0 Å². The van der Waals surface area contributed by atoms with Crippen LogP contribution in [0.25, 0.3) is 11.3 Å². The van der Waals surface area contributed by atoms with Crippen LogP contribution in [0.3, 0.4) is 0 Å². The summed E-state index contributed by atoms with van der Waals surface area (Å²) in [6, 6.07) is 11.7. The Hall–Kier alpha value is -2.76. The molecule has 0 unspecified atom stereocenters. The Bertz CT molecular complexity index is 1190. The van der Waals surface area contributed by atoms with Gasteiger partial charge in [-0.1, -0.05) is 5.16 Å². The second-order valence-corrected chi connectivity index (χ2v) is 8.39. The predicted octanol–water partition coefficient (Wildman–Crippen LogP) is 4.62. The van der Waals surface area contributed by atoms with E-state index < -0.39 is 10.0 Å². The SMILES string of the molecule is Br.Cc1cc(NS(=O)(=O)c2ccc(Nc3nc(-c4ccncc4)cs3)cc2)no1. The van der Waals surface area contributed by atoms with Crippen molar-refractivity contribution in [2.75, 3.05) is 10.0 Å². The predicted molar refractivity (Wildman–Crippen MR) is 117 cm³/mol. The summed E-state index contributed by atoms with van der Waals surface area (Å²) in [5.41, 5.74) is 2.56. The highest BCUT2D eigenvalue weighted by atomic mass is 79.9. The molecule has 4 aromatic rings. The minimum Gasteiger partial charge on any atom is -0.360 e. The summed E-state index contributed by atoms with van der Waals surface area (Å²) in [7, 11) is -3.74. The van der Waals surface area contributed by atoms with Crippen LogP contribution in [0.1, 0.15) is 5.76 Å². The summed E-state index contributed by atoms with van der Waals surface area (Å²) in [5, 5.41) is 9.47. The molecule has 2 N–H and O–H groups in total. The van der Waals surface area contributed by atoms with Crippen molar-refractivity contribution in [1.82, 2.24) is 15.1 Å². The van der Waals surface area contributed by atoms with Gasteiger partial charge < -0.3 is 9.84 Å². The van der Waals surface area contributed by atoms with Crippen LogP contribution >= 0.6 is 28.3 Å². The maximum atomic E-state index is 12.4. The number of rotatable bonds is 6.